The molecular weight excluding hydrogens is 316 g/mol. The van der Waals surface area contributed by atoms with Gasteiger partial charge in [-0.15, -0.1) is 0 Å². The second-order valence-corrected chi connectivity index (χ2v) is 7.21. The van der Waals surface area contributed by atoms with Gasteiger partial charge < -0.3 is 19.3 Å². The minimum Gasteiger partial charge on any atom is -0.504 e. The summed E-state index contributed by atoms with van der Waals surface area (Å²) in [6.45, 7) is 9.18. The molecule has 1 N–H and O–H groups in total. The highest BCUT2D eigenvalue weighted by Crippen LogP contribution is 2.26. The summed E-state index contributed by atoms with van der Waals surface area (Å²) < 4.78 is 16.5. The third-order valence-corrected chi connectivity index (χ3v) is 4.76. The number of rotatable bonds is 11. The fourth-order valence-electron chi connectivity index (χ4n) is 2.54. The maximum atomic E-state index is 9.60. The summed E-state index contributed by atoms with van der Waals surface area (Å²) in [6.07, 6.45) is 7.50. The summed E-state index contributed by atoms with van der Waals surface area (Å²) in [4.78, 5) is 0. The van der Waals surface area contributed by atoms with E-state index in [1.165, 1.54) is 0 Å². The summed E-state index contributed by atoms with van der Waals surface area (Å²) in [5.41, 5.74) is 0.929. The monoisotopic (exact) mass is 350 g/mol. The molecule has 0 spiro atoms. The zero-order valence-corrected chi connectivity index (χ0v) is 16.5. The van der Waals surface area contributed by atoms with E-state index in [1.54, 1.807) is 26.4 Å². The van der Waals surface area contributed by atoms with Crippen molar-refractivity contribution in [3.05, 3.63) is 29.8 Å². The Labute approximate surface area is 152 Å². The molecule has 0 saturated heterocycles. The molecule has 0 fully saturated rings. The van der Waals surface area contributed by atoms with Crippen LogP contribution in [-0.2, 0) is 9.47 Å². The first-order valence-electron chi connectivity index (χ1n) is 8.99. The van der Waals surface area contributed by atoms with E-state index in [9.17, 15) is 5.11 Å². The van der Waals surface area contributed by atoms with Crippen molar-refractivity contribution in [2.75, 3.05) is 20.8 Å². The summed E-state index contributed by atoms with van der Waals surface area (Å²) in [5, 5.41) is 9.60. The van der Waals surface area contributed by atoms with Crippen molar-refractivity contribution >= 4 is 6.08 Å². The summed E-state index contributed by atoms with van der Waals surface area (Å²) >= 11 is 0. The maximum absolute atomic E-state index is 9.60. The molecule has 0 aliphatic heterocycles. The summed E-state index contributed by atoms with van der Waals surface area (Å²) in [6, 6.07) is 5.28. The first-order chi connectivity index (χ1) is 11.8. The molecular formula is C21H34O4. The van der Waals surface area contributed by atoms with Gasteiger partial charge in [-0.2, -0.15) is 0 Å². The molecule has 2 atom stereocenters. The van der Waals surface area contributed by atoms with E-state index in [0.29, 0.717) is 18.3 Å². The topological polar surface area (TPSA) is 47.9 Å². The second kappa shape index (κ2) is 10.5. The molecule has 0 amide bonds. The quantitative estimate of drug-likeness (QED) is 0.606. The number of phenolic OH excluding ortho intramolecular Hbond substituents is 1. The summed E-state index contributed by atoms with van der Waals surface area (Å²) in [7, 11) is 3.31. The summed E-state index contributed by atoms with van der Waals surface area (Å²) in [5.74, 6) is 1.13. The van der Waals surface area contributed by atoms with Gasteiger partial charge in [0.2, 0.25) is 0 Å². The first-order valence-corrected chi connectivity index (χ1v) is 8.99. The van der Waals surface area contributed by atoms with Crippen LogP contribution in [0.2, 0.25) is 0 Å². The molecule has 0 aliphatic carbocycles. The highest BCUT2D eigenvalue weighted by molar-refractivity contribution is 5.55. The average Bonchev–Trinajstić information content (AvgIpc) is 2.59. The van der Waals surface area contributed by atoms with Crippen LogP contribution in [0.4, 0.5) is 0 Å². The average molecular weight is 350 g/mol. The third kappa shape index (κ3) is 7.93. The van der Waals surface area contributed by atoms with E-state index >= 15 is 0 Å². The standard InChI is InChI=1S/C21H34O4/c1-16(9-7-13-21(3,4)24-6)17(2)25-14-8-10-18-11-12-19(22)20(15-18)23-5/h8,10-12,15-17,22H,7,9,13-14H2,1-6H3/b10-8+. The molecule has 0 saturated carbocycles. The van der Waals surface area contributed by atoms with Gasteiger partial charge >= 0.3 is 0 Å². The Morgan fingerprint density at radius 3 is 2.56 bits per heavy atom. The lowest BCUT2D eigenvalue weighted by molar-refractivity contribution is 0.00779. The minimum atomic E-state index is -0.0439. The number of aromatic hydroxyl groups is 1. The van der Waals surface area contributed by atoms with Gasteiger partial charge in [-0.1, -0.05) is 31.6 Å². The van der Waals surface area contributed by atoms with Gasteiger partial charge in [-0.25, -0.2) is 0 Å². The number of benzene rings is 1. The predicted molar refractivity (Wildman–Crippen MR) is 103 cm³/mol. The van der Waals surface area contributed by atoms with Crippen LogP contribution in [0.15, 0.2) is 24.3 Å². The van der Waals surface area contributed by atoms with Crippen molar-refractivity contribution in [2.24, 2.45) is 5.92 Å². The van der Waals surface area contributed by atoms with Crippen molar-refractivity contribution in [1.82, 2.24) is 0 Å². The smallest absolute Gasteiger partial charge is 0.161 e. The molecule has 0 bridgehead atoms. The van der Waals surface area contributed by atoms with Gasteiger partial charge in [0.05, 0.1) is 25.4 Å². The van der Waals surface area contributed by atoms with Crippen LogP contribution in [-0.4, -0.2) is 37.6 Å². The van der Waals surface area contributed by atoms with Gasteiger partial charge in [0, 0.05) is 7.11 Å². The Morgan fingerprint density at radius 1 is 1.20 bits per heavy atom. The van der Waals surface area contributed by atoms with E-state index in [1.807, 2.05) is 18.2 Å². The highest BCUT2D eigenvalue weighted by Gasteiger charge is 2.18. The highest BCUT2D eigenvalue weighted by atomic mass is 16.5. The third-order valence-electron chi connectivity index (χ3n) is 4.76. The predicted octanol–water partition coefficient (Wildman–Crippen LogP) is 5.05. The van der Waals surface area contributed by atoms with Crippen LogP contribution in [0.1, 0.15) is 52.5 Å². The number of methoxy groups -OCH3 is 2. The first kappa shape index (κ1) is 21.5. The number of hydrogen-bond acceptors (Lipinski definition) is 4. The number of phenols is 1. The van der Waals surface area contributed by atoms with Gasteiger partial charge in [0.25, 0.3) is 0 Å². The van der Waals surface area contributed by atoms with Gasteiger partial charge in [-0.3, -0.25) is 0 Å². The van der Waals surface area contributed by atoms with E-state index < -0.39 is 0 Å². The second-order valence-electron chi connectivity index (χ2n) is 7.21. The zero-order valence-electron chi connectivity index (χ0n) is 16.5. The molecule has 0 aliphatic rings. The molecule has 2 unspecified atom stereocenters. The van der Waals surface area contributed by atoms with E-state index in [-0.39, 0.29) is 17.5 Å². The SMILES string of the molecule is COc1cc(/C=C/COC(C)C(C)CCCC(C)(C)OC)ccc1O. The Kier molecular flexibility index (Phi) is 9.01. The van der Waals surface area contributed by atoms with Gasteiger partial charge in [-0.05, 0) is 57.2 Å². The molecule has 0 heterocycles. The molecule has 25 heavy (non-hydrogen) atoms. The fourth-order valence-corrected chi connectivity index (χ4v) is 2.54. The van der Waals surface area contributed by atoms with Crippen LogP contribution in [0, 0.1) is 5.92 Å². The molecule has 1 aromatic rings. The number of ether oxygens (including phenoxy) is 3. The lowest BCUT2D eigenvalue weighted by Gasteiger charge is -2.25. The van der Waals surface area contributed by atoms with Crippen molar-refractivity contribution in [2.45, 2.75) is 58.7 Å². The van der Waals surface area contributed by atoms with E-state index in [0.717, 1.165) is 24.8 Å². The molecule has 1 aromatic carbocycles. The van der Waals surface area contributed by atoms with Crippen molar-refractivity contribution in [3.8, 4) is 11.5 Å². The Morgan fingerprint density at radius 2 is 1.92 bits per heavy atom. The molecule has 1 rings (SSSR count). The van der Waals surface area contributed by atoms with Crippen molar-refractivity contribution in [3.63, 3.8) is 0 Å². The molecule has 4 heteroatoms. The van der Waals surface area contributed by atoms with Crippen LogP contribution < -0.4 is 4.74 Å². The molecule has 142 valence electrons. The van der Waals surface area contributed by atoms with Crippen molar-refractivity contribution in [1.29, 1.82) is 0 Å². The van der Waals surface area contributed by atoms with E-state index in [2.05, 4.69) is 27.7 Å². The van der Waals surface area contributed by atoms with Crippen LogP contribution in [0.3, 0.4) is 0 Å². The molecule has 4 nitrogen and oxygen atoms in total. The fraction of sp³-hybridized carbons (Fsp3) is 0.619. The van der Waals surface area contributed by atoms with E-state index in [4.69, 9.17) is 14.2 Å². The molecule has 0 aromatic heterocycles. The lowest BCUT2D eigenvalue weighted by atomic mass is 9.94. The number of hydrogen-bond donors (Lipinski definition) is 1. The largest absolute Gasteiger partial charge is 0.504 e. The van der Waals surface area contributed by atoms with Gasteiger partial charge in [0.1, 0.15) is 0 Å². The van der Waals surface area contributed by atoms with Crippen LogP contribution in [0.5, 0.6) is 11.5 Å². The van der Waals surface area contributed by atoms with Gasteiger partial charge in [0.15, 0.2) is 11.5 Å². The maximum Gasteiger partial charge on any atom is 0.161 e. The molecule has 0 radical (unpaired) electrons. The Hall–Kier alpha value is -1.52. The van der Waals surface area contributed by atoms with Crippen LogP contribution >= 0.6 is 0 Å². The minimum absolute atomic E-state index is 0.0439. The lowest BCUT2D eigenvalue weighted by Crippen LogP contribution is -2.23. The Balaban J connectivity index is 2.34. The Bertz CT molecular complexity index is 537. The van der Waals surface area contributed by atoms with Crippen molar-refractivity contribution < 1.29 is 19.3 Å². The van der Waals surface area contributed by atoms with Crippen LogP contribution in [0.25, 0.3) is 6.08 Å². The zero-order chi connectivity index (χ0) is 18.9. The normalized spacial score (nSPS) is 14.6.